The smallest absolute Gasteiger partial charge is 0.364 e. The van der Waals surface area contributed by atoms with Gasteiger partial charge in [0.1, 0.15) is 11.5 Å². The summed E-state index contributed by atoms with van der Waals surface area (Å²) in [7, 11) is 1.92. The Labute approximate surface area is 200 Å². The molecule has 2 N–H and O–H groups in total. The summed E-state index contributed by atoms with van der Waals surface area (Å²) in [6.07, 6.45) is 8.20. The molecule has 0 aromatic carbocycles. The Balaban J connectivity index is 5.30. The molecule has 0 heterocycles. The van der Waals surface area contributed by atoms with E-state index in [1.807, 2.05) is 13.8 Å². The first kappa shape index (κ1) is 32.2. The van der Waals surface area contributed by atoms with Crippen LogP contribution in [0.25, 0.3) is 0 Å². The fourth-order valence-corrected chi connectivity index (χ4v) is 7.61. The van der Waals surface area contributed by atoms with Crippen molar-refractivity contribution in [1.29, 1.82) is 0 Å². The van der Waals surface area contributed by atoms with Gasteiger partial charge in [-0.25, -0.2) is 0 Å². The fraction of sp³-hybridized carbons (Fsp3) is 1.00. The minimum atomic E-state index is -2.47. The zero-order valence-corrected chi connectivity index (χ0v) is 24.6. The normalized spacial score (nSPS) is 17.7. The molecule has 4 unspecified atom stereocenters. The van der Waals surface area contributed by atoms with Gasteiger partial charge in [-0.15, -0.1) is 0 Å². The molecule has 4 atom stereocenters. The molecule has 0 aromatic heterocycles. The van der Waals surface area contributed by atoms with Gasteiger partial charge in [0.2, 0.25) is 0 Å². The molecule has 7 nitrogen and oxygen atoms in total. The molecule has 0 saturated carbocycles. The lowest BCUT2D eigenvalue weighted by atomic mass is 10.1. The van der Waals surface area contributed by atoms with E-state index >= 15 is 0 Å². The summed E-state index contributed by atoms with van der Waals surface area (Å²) in [6.45, 7) is 12.6. The molecule has 32 heavy (non-hydrogen) atoms. The van der Waals surface area contributed by atoms with Crippen LogP contribution in [-0.2, 0) is 27.2 Å². The lowest BCUT2D eigenvalue weighted by molar-refractivity contribution is -0.0621. The Hall–Kier alpha value is 0.154. The monoisotopic (exact) mass is 495 g/mol. The molecule has 0 rings (SSSR count). The summed E-state index contributed by atoms with van der Waals surface area (Å²) in [6, 6.07) is -0.295. The molecule has 0 bridgehead atoms. The fourth-order valence-electron chi connectivity index (χ4n) is 3.84. The number of ether oxygens (including phenoxy) is 2. The van der Waals surface area contributed by atoms with Crippen molar-refractivity contribution in [1.82, 2.24) is 0 Å². The van der Waals surface area contributed by atoms with E-state index < -0.39 is 17.1 Å². The number of hydrogen-bond acceptors (Lipinski definition) is 7. The van der Waals surface area contributed by atoms with Crippen LogP contribution in [0.5, 0.6) is 0 Å². The van der Waals surface area contributed by atoms with E-state index in [2.05, 4.69) is 26.9 Å². The van der Waals surface area contributed by atoms with Crippen molar-refractivity contribution < 1.29 is 27.2 Å². The molecule has 0 aromatic rings. The van der Waals surface area contributed by atoms with Gasteiger partial charge < -0.3 is 32.9 Å². The molecule has 0 aliphatic carbocycles. The van der Waals surface area contributed by atoms with Crippen LogP contribution in [0.1, 0.15) is 79.1 Å². The SMILES string of the molecule is CCCCCC(OC(C)C(N)C(C)OC(CCCCC)[Si](C)(OC)OC)[Si](C)(OC)OC. The summed E-state index contributed by atoms with van der Waals surface area (Å²) in [4.78, 5) is 0. The van der Waals surface area contributed by atoms with Gasteiger partial charge in [0.25, 0.3) is 0 Å². The van der Waals surface area contributed by atoms with Crippen molar-refractivity contribution >= 4 is 17.1 Å². The second kappa shape index (κ2) is 16.7. The first-order valence-electron chi connectivity index (χ1n) is 12.4. The predicted molar refractivity (Wildman–Crippen MR) is 136 cm³/mol. The number of rotatable bonds is 20. The van der Waals surface area contributed by atoms with Crippen molar-refractivity contribution in [3.63, 3.8) is 0 Å². The van der Waals surface area contributed by atoms with E-state index in [1.165, 1.54) is 0 Å². The van der Waals surface area contributed by atoms with Crippen LogP contribution in [0.2, 0.25) is 13.1 Å². The maximum Gasteiger partial charge on any atom is 0.364 e. The molecular weight excluding hydrogens is 442 g/mol. The quantitative estimate of drug-likeness (QED) is 0.191. The highest BCUT2D eigenvalue weighted by molar-refractivity contribution is 6.67. The van der Waals surface area contributed by atoms with E-state index in [1.54, 1.807) is 28.4 Å². The zero-order chi connectivity index (χ0) is 24.8. The standard InChI is InChI=1S/C23H53NO6Si2/c1-11-13-15-17-21(31(9,25-5)26-6)29-19(3)23(24)20(4)30-22(18-16-14-12-2)32(10,27-7)28-8/h19-23H,11-18,24H2,1-10H3. The molecule has 0 saturated heterocycles. The van der Waals surface area contributed by atoms with E-state index in [0.29, 0.717) is 0 Å². The Morgan fingerprint density at radius 2 is 0.938 bits per heavy atom. The number of hydrogen-bond donors (Lipinski definition) is 1. The average molecular weight is 496 g/mol. The lowest BCUT2D eigenvalue weighted by Gasteiger charge is -2.38. The van der Waals surface area contributed by atoms with Crippen molar-refractivity contribution in [2.24, 2.45) is 5.73 Å². The zero-order valence-electron chi connectivity index (χ0n) is 22.6. The van der Waals surface area contributed by atoms with Crippen molar-refractivity contribution in [2.45, 2.75) is 122 Å². The van der Waals surface area contributed by atoms with Gasteiger partial charge in [0, 0.05) is 28.4 Å². The maximum absolute atomic E-state index is 6.64. The van der Waals surface area contributed by atoms with Crippen LogP contribution >= 0.6 is 0 Å². The molecule has 0 radical (unpaired) electrons. The second-order valence-electron chi connectivity index (χ2n) is 9.08. The van der Waals surface area contributed by atoms with Gasteiger partial charge in [-0.2, -0.15) is 0 Å². The molecule has 194 valence electrons. The van der Waals surface area contributed by atoms with Crippen LogP contribution < -0.4 is 5.73 Å². The molecule has 0 aliphatic heterocycles. The van der Waals surface area contributed by atoms with E-state index in [9.17, 15) is 0 Å². The van der Waals surface area contributed by atoms with Crippen LogP contribution in [0.3, 0.4) is 0 Å². The van der Waals surface area contributed by atoms with Gasteiger partial charge in [-0.1, -0.05) is 52.4 Å². The Kier molecular flexibility index (Phi) is 16.8. The lowest BCUT2D eigenvalue weighted by Crippen LogP contribution is -2.57. The minimum Gasteiger partial charge on any atom is -0.396 e. The molecular formula is C23H53NO6Si2. The van der Waals surface area contributed by atoms with Crippen molar-refractivity contribution in [2.75, 3.05) is 28.4 Å². The molecule has 0 fully saturated rings. The van der Waals surface area contributed by atoms with Crippen LogP contribution in [0.4, 0.5) is 0 Å². The predicted octanol–water partition coefficient (Wildman–Crippen LogP) is 4.83. The van der Waals surface area contributed by atoms with E-state index in [4.69, 9.17) is 32.9 Å². The van der Waals surface area contributed by atoms with Gasteiger partial charge in [-0.05, 0) is 39.8 Å². The first-order valence-corrected chi connectivity index (χ1v) is 17.1. The van der Waals surface area contributed by atoms with Crippen LogP contribution in [-0.4, -0.2) is 75.3 Å². The topological polar surface area (TPSA) is 81.4 Å². The molecule has 0 aliphatic rings. The summed E-state index contributed by atoms with van der Waals surface area (Å²) < 4.78 is 36.2. The Morgan fingerprint density at radius 3 is 1.19 bits per heavy atom. The molecule has 9 heteroatoms. The summed E-state index contributed by atoms with van der Waals surface area (Å²) in [5.74, 6) is 0. The highest BCUT2D eigenvalue weighted by atomic mass is 28.4. The third-order valence-electron chi connectivity index (χ3n) is 6.77. The largest absolute Gasteiger partial charge is 0.396 e. The van der Waals surface area contributed by atoms with E-state index in [-0.39, 0.29) is 29.7 Å². The van der Waals surface area contributed by atoms with E-state index in [0.717, 1.165) is 51.4 Å². The van der Waals surface area contributed by atoms with Gasteiger partial charge >= 0.3 is 17.1 Å². The first-order chi connectivity index (χ1) is 15.1. The summed E-state index contributed by atoms with van der Waals surface area (Å²) in [5.41, 5.74) is 6.46. The molecule has 0 spiro atoms. The number of nitrogens with two attached hydrogens (primary N) is 1. The highest BCUT2D eigenvalue weighted by Crippen LogP contribution is 2.25. The number of unbranched alkanes of at least 4 members (excludes halogenated alkanes) is 4. The third kappa shape index (κ3) is 10.2. The van der Waals surface area contributed by atoms with Crippen molar-refractivity contribution in [3.8, 4) is 0 Å². The van der Waals surface area contributed by atoms with Gasteiger partial charge in [0.15, 0.2) is 0 Å². The third-order valence-corrected chi connectivity index (χ3v) is 13.2. The van der Waals surface area contributed by atoms with Gasteiger partial charge in [-0.3, -0.25) is 0 Å². The van der Waals surface area contributed by atoms with Crippen LogP contribution in [0, 0.1) is 0 Å². The summed E-state index contributed by atoms with van der Waals surface area (Å²) in [5, 5.41) is 0. The average Bonchev–Trinajstić information content (AvgIpc) is 2.81. The molecule has 0 amide bonds. The van der Waals surface area contributed by atoms with Gasteiger partial charge in [0.05, 0.1) is 18.2 Å². The Bertz CT molecular complexity index is 426. The van der Waals surface area contributed by atoms with Crippen molar-refractivity contribution in [3.05, 3.63) is 0 Å². The second-order valence-corrected chi connectivity index (χ2v) is 16.1. The highest BCUT2D eigenvalue weighted by Gasteiger charge is 2.44. The summed E-state index contributed by atoms with van der Waals surface area (Å²) >= 11 is 0. The van der Waals surface area contributed by atoms with Crippen LogP contribution in [0.15, 0.2) is 0 Å². The minimum absolute atomic E-state index is 0.0877. The maximum atomic E-state index is 6.64. The Morgan fingerprint density at radius 1 is 0.625 bits per heavy atom.